The van der Waals surface area contributed by atoms with Crippen LogP contribution in [0.1, 0.15) is 85.6 Å². The van der Waals surface area contributed by atoms with Crippen molar-refractivity contribution in [2.75, 3.05) is 77.4 Å². The number of aromatic amines is 1. The molecular weight excluding hydrogens is 1070 g/mol. The smallest absolute Gasteiger partial charge is 0.387 e. The molecular formula is C48H66N10O16P3+. The summed E-state index contributed by atoms with van der Waals surface area (Å²) in [6, 6.07) is 14.2. The fourth-order valence-corrected chi connectivity index (χ4v) is 12.4. The molecule has 11 N–H and O–H groups in total. The van der Waals surface area contributed by atoms with Gasteiger partial charge in [0.2, 0.25) is 17.8 Å². The molecule has 418 valence electrons. The molecule has 7 rings (SSSR count). The third-order valence-corrected chi connectivity index (χ3v) is 17.1. The lowest BCUT2D eigenvalue weighted by molar-refractivity contribution is -0.462. The van der Waals surface area contributed by atoms with E-state index in [-0.39, 0.29) is 53.3 Å². The molecule has 2 aromatic carbocycles. The van der Waals surface area contributed by atoms with E-state index >= 15 is 0 Å². The molecule has 0 spiro atoms. The summed E-state index contributed by atoms with van der Waals surface area (Å²) in [7, 11) is -7.26. The number of hydrogen-bond acceptors (Lipinski definition) is 17. The quantitative estimate of drug-likeness (QED) is 0.0288. The Morgan fingerprint density at radius 2 is 1.61 bits per heavy atom. The zero-order valence-corrected chi connectivity index (χ0v) is 46.2. The average Bonchev–Trinajstić information content (AvgIpc) is 3.84. The molecule has 1 fully saturated rings. The van der Waals surface area contributed by atoms with Gasteiger partial charge in [0.25, 0.3) is 11.5 Å². The highest BCUT2D eigenvalue weighted by atomic mass is 31.3. The monoisotopic (exact) mass is 1130 g/mol. The number of imidazole rings is 1. The lowest BCUT2D eigenvalue weighted by Crippen LogP contribution is -2.34. The number of amides is 2. The number of carbonyl (C=O) groups excluding carboxylic acids is 2. The Morgan fingerprint density at radius 3 is 2.30 bits per heavy atom. The van der Waals surface area contributed by atoms with Crippen LogP contribution >= 0.6 is 23.5 Å². The van der Waals surface area contributed by atoms with E-state index in [0.29, 0.717) is 44.3 Å². The number of aliphatic hydroxyl groups is 2. The number of unbranched alkanes of at least 4 members (excludes halogenated alkanes) is 3. The number of H-pyrrole nitrogens is 1. The minimum atomic E-state index is -5.84. The van der Waals surface area contributed by atoms with E-state index in [1.807, 2.05) is 52.5 Å². The van der Waals surface area contributed by atoms with E-state index in [1.165, 1.54) is 11.1 Å². The van der Waals surface area contributed by atoms with Crippen LogP contribution in [0, 0.1) is 0 Å². The van der Waals surface area contributed by atoms with Crippen LogP contribution < -0.4 is 26.8 Å². The van der Waals surface area contributed by atoms with Gasteiger partial charge in [-0.05, 0) is 76.9 Å². The summed E-state index contributed by atoms with van der Waals surface area (Å²) in [5.74, 6) is -0.659. The maximum atomic E-state index is 14.3. The number of nitrogen functional groups attached to an aromatic ring is 1. The molecule has 1 saturated heterocycles. The van der Waals surface area contributed by atoms with E-state index in [2.05, 4.69) is 98.5 Å². The minimum absolute atomic E-state index is 0.0429. The van der Waals surface area contributed by atoms with Gasteiger partial charge in [0.15, 0.2) is 23.1 Å². The number of ether oxygens (including phenoxy) is 1. The first kappa shape index (κ1) is 59.0. The van der Waals surface area contributed by atoms with Gasteiger partial charge >= 0.3 is 23.5 Å². The molecule has 26 nitrogen and oxygen atoms in total. The fourth-order valence-electron chi connectivity index (χ4n) is 9.38. The van der Waals surface area contributed by atoms with Crippen molar-refractivity contribution in [1.82, 2.24) is 29.7 Å². The van der Waals surface area contributed by atoms with Gasteiger partial charge in [-0.15, -0.1) is 0 Å². The van der Waals surface area contributed by atoms with Crippen LogP contribution in [0.5, 0.6) is 0 Å². The summed E-state index contributed by atoms with van der Waals surface area (Å²) in [4.78, 5) is 91.4. The highest BCUT2D eigenvalue weighted by Gasteiger charge is 2.48. The van der Waals surface area contributed by atoms with Crippen LogP contribution in [0.2, 0.25) is 0 Å². The summed E-state index contributed by atoms with van der Waals surface area (Å²) in [6.07, 6.45) is 2.92. The Kier molecular flexibility index (Phi) is 18.2. The highest BCUT2D eigenvalue weighted by Crippen LogP contribution is 2.66. The number of phosphoric acid groups is 3. The Labute approximate surface area is 443 Å². The number of benzene rings is 2. The topological polar surface area (TPSA) is 367 Å². The first-order chi connectivity index (χ1) is 36.1. The molecule has 3 heterocycles. The van der Waals surface area contributed by atoms with Crippen molar-refractivity contribution >= 4 is 75.3 Å². The number of aromatic nitrogens is 4. The average molecular weight is 1130 g/mol. The fraction of sp³-hybridized carbons (Fsp3) is 0.458. The van der Waals surface area contributed by atoms with Crippen molar-refractivity contribution in [3.8, 4) is 0 Å². The number of nitrogens with zero attached hydrogens (tertiary/aromatic N) is 6. The molecule has 2 aliphatic carbocycles. The van der Waals surface area contributed by atoms with Gasteiger partial charge in [-0.1, -0.05) is 51.0 Å². The number of phosphoric ester groups is 1. The summed E-state index contributed by atoms with van der Waals surface area (Å²) in [5.41, 5.74) is 13.4. The predicted octanol–water partition coefficient (Wildman–Crippen LogP) is 3.67. The van der Waals surface area contributed by atoms with Gasteiger partial charge < -0.3 is 60.7 Å². The van der Waals surface area contributed by atoms with Crippen molar-refractivity contribution in [3.05, 3.63) is 104 Å². The van der Waals surface area contributed by atoms with E-state index in [1.54, 1.807) is 11.9 Å². The van der Waals surface area contributed by atoms with Gasteiger partial charge in [-0.25, -0.2) is 23.3 Å². The van der Waals surface area contributed by atoms with Crippen molar-refractivity contribution < 1.29 is 75.5 Å². The number of carbonyl (C=O) groups is 2. The van der Waals surface area contributed by atoms with Crippen LogP contribution in [-0.2, 0) is 41.8 Å². The molecule has 6 atom stereocenters. The summed E-state index contributed by atoms with van der Waals surface area (Å²) < 4.78 is 55.9. The van der Waals surface area contributed by atoms with E-state index in [0.717, 1.165) is 44.7 Å². The zero-order chi connectivity index (χ0) is 56.4. The molecule has 2 unspecified atom stereocenters. The number of aliphatic hydroxyl groups excluding tert-OH is 2. The summed E-state index contributed by atoms with van der Waals surface area (Å²) in [6.45, 7) is 4.46. The molecule has 3 aliphatic rings. The maximum absolute atomic E-state index is 14.3. The van der Waals surface area contributed by atoms with Crippen LogP contribution in [0.4, 0.5) is 17.6 Å². The third kappa shape index (κ3) is 13.8. The Bertz CT molecular complexity index is 3250. The first-order valence-electron chi connectivity index (χ1n) is 24.5. The number of anilines is 3. The van der Waals surface area contributed by atoms with Crippen molar-refractivity contribution in [3.63, 3.8) is 0 Å². The molecule has 77 heavy (non-hydrogen) atoms. The number of hydrogen-bond donors (Lipinski definition) is 10. The van der Waals surface area contributed by atoms with Crippen LogP contribution in [-0.4, -0.2) is 156 Å². The van der Waals surface area contributed by atoms with E-state index < -0.39 is 60.2 Å². The third-order valence-electron chi connectivity index (χ3n) is 13.3. The molecule has 0 radical (unpaired) electrons. The van der Waals surface area contributed by atoms with Crippen molar-refractivity contribution in [1.29, 1.82) is 0 Å². The van der Waals surface area contributed by atoms with Crippen LogP contribution in [0.15, 0.2) is 76.6 Å². The lowest BCUT2D eigenvalue weighted by Gasteiger charge is -2.39. The summed E-state index contributed by atoms with van der Waals surface area (Å²) >= 11 is 0. The normalized spacial score (nSPS) is 20.5. The van der Waals surface area contributed by atoms with Gasteiger partial charge in [0.05, 0.1) is 6.61 Å². The first-order valence-corrected chi connectivity index (χ1v) is 29.1. The standard InChI is InChI=1S/C48H65N10O16P3/c1-48(2)34-25-28(55(3)4)18-20-32(34)38(33-21-19-29(56(5)6)26-35(33)48)30-15-10-11-16-31(30)44(63)57(7)24-14-17-37(59)50-22-12-8-9-13-23-51-47-52-39-42(53-46(49)54-43(39)62)58(47)45-41(61)40(60)36(72-45)27-71-76(67,68)74-77(69,70)73-75(64,65)66/h10-11,15-16,18-21,25-26,36,40-41,45,60-61H,8-9,12-14,17,22-24,27H2,1-7H3,(H8,49,50,54,59,62,63,64,65,66,67,68,69,70)/p+1/t36-,40-,41-,45-/m1/s1. The predicted molar refractivity (Wildman–Crippen MR) is 285 cm³/mol. The number of nitrogens with two attached hydrogens (primary N) is 1. The SMILES string of the molecule is CN(CCCC(=O)NCCCCCCNc1nc2c(=O)[nH]c(N)nc2n1[C@@H]1O[C@H](COP(=O)(O)OP(=O)(O)OP(=O)(O)O)[C@@H](O)[C@H]1O)C(=O)c1ccccc1C1=C2C=CC(=[N+](C)C)C=C2C(C)(C)c2cc(N(C)C)ccc21. The zero-order valence-electron chi connectivity index (χ0n) is 43.5. The lowest BCUT2D eigenvalue weighted by atomic mass is 9.64. The highest BCUT2D eigenvalue weighted by molar-refractivity contribution is 7.66. The van der Waals surface area contributed by atoms with Gasteiger partial charge in [0, 0.05) is 76.0 Å². The van der Waals surface area contributed by atoms with Gasteiger partial charge in [-0.2, -0.15) is 13.6 Å². The van der Waals surface area contributed by atoms with Crippen molar-refractivity contribution in [2.24, 2.45) is 0 Å². The number of nitrogens with one attached hydrogen (secondary N) is 3. The molecule has 2 amide bonds. The maximum Gasteiger partial charge on any atom is 0.490 e. The van der Waals surface area contributed by atoms with E-state index in [4.69, 9.17) is 20.3 Å². The number of rotatable bonds is 23. The minimum Gasteiger partial charge on any atom is -0.387 e. The van der Waals surface area contributed by atoms with Crippen molar-refractivity contribution in [2.45, 2.75) is 82.3 Å². The Balaban J connectivity index is 0.895. The second kappa shape index (κ2) is 23.7. The number of fused-ring (bicyclic) bond motifs is 3. The van der Waals surface area contributed by atoms with Crippen LogP contribution in [0.25, 0.3) is 16.7 Å². The van der Waals surface area contributed by atoms with E-state index in [9.17, 15) is 48.1 Å². The second-order valence-corrected chi connectivity index (χ2v) is 24.1. The molecule has 29 heteroatoms. The molecule has 4 aromatic rings. The largest absolute Gasteiger partial charge is 0.490 e. The van der Waals surface area contributed by atoms with Gasteiger partial charge in [0.1, 0.15) is 32.4 Å². The summed E-state index contributed by atoms with van der Waals surface area (Å²) in [5, 5.41) is 27.8. The Morgan fingerprint density at radius 1 is 0.909 bits per heavy atom. The molecule has 1 aliphatic heterocycles. The molecule has 0 saturated carbocycles. The molecule has 2 aromatic heterocycles. The number of allylic oxidation sites excluding steroid dienone is 5. The second-order valence-electron chi connectivity index (χ2n) is 19.7. The Hall–Kier alpha value is -5.69. The van der Waals surface area contributed by atoms with Gasteiger partial charge in [-0.3, -0.25) is 28.5 Å². The molecule has 0 bridgehead atoms. The van der Waals surface area contributed by atoms with Crippen LogP contribution in [0.3, 0.4) is 0 Å².